The first-order valence-electron chi connectivity index (χ1n) is 5.89. The molecule has 0 N–H and O–H groups in total. The fourth-order valence-corrected chi connectivity index (χ4v) is 1.94. The monoisotopic (exact) mass is 228 g/mol. The third kappa shape index (κ3) is 4.64. The molecule has 0 amide bonds. The molecule has 16 heavy (non-hydrogen) atoms. The summed E-state index contributed by atoms with van der Waals surface area (Å²) in [5, 5.41) is 0. The van der Waals surface area contributed by atoms with E-state index >= 15 is 0 Å². The van der Waals surface area contributed by atoms with Gasteiger partial charge in [-0.3, -0.25) is 9.59 Å². The van der Waals surface area contributed by atoms with Gasteiger partial charge in [0.1, 0.15) is 13.2 Å². The molecular formula is C12H20O4. The summed E-state index contributed by atoms with van der Waals surface area (Å²) < 4.78 is 9.73. The van der Waals surface area contributed by atoms with Gasteiger partial charge in [-0.05, 0) is 31.6 Å². The molecule has 0 atom stereocenters. The molecule has 4 heteroatoms. The van der Waals surface area contributed by atoms with Gasteiger partial charge >= 0.3 is 11.9 Å². The summed E-state index contributed by atoms with van der Waals surface area (Å²) in [6.07, 6.45) is 4.05. The lowest BCUT2D eigenvalue weighted by Crippen LogP contribution is -2.24. The van der Waals surface area contributed by atoms with Crippen LogP contribution in [0.25, 0.3) is 0 Å². The Kier molecular flexibility index (Phi) is 5.29. The van der Waals surface area contributed by atoms with Crippen LogP contribution in [0, 0.1) is 11.8 Å². The van der Waals surface area contributed by atoms with Gasteiger partial charge in [0.2, 0.25) is 0 Å². The maximum absolute atomic E-state index is 11.6. The van der Waals surface area contributed by atoms with Crippen LogP contribution in [0.3, 0.4) is 0 Å². The molecule has 0 heterocycles. The van der Waals surface area contributed by atoms with Crippen molar-refractivity contribution in [2.24, 2.45) is 11.8 Å². The minimum atomic E-state index is -0.345. The standard InChI is InChI=1S/C12H20O4/c1-9-3-5-11(6-4-9)12(14)16-8-7-15-10(2)13/h9,11H,3-8H2,1-2H3. The third-order valence-corrected chi connectivity index (χ3v) is 2.98. The quantitative estimate of drug-likeness (QED) is 0.545. The van der Waals surface area contributed by atoms with Crippen molar-refractivity contribution in [2.45, 2.75) is 39.5 Å². The fourth-order valence-electron chi connectivity index (χ4n) is 1.94. The van der Waals surface area contributed by atoms with Gasteiger partial charge in [0, 0.05) is 6.92 Å². The van der Waals surface area contributed by atoms with Crippen molar-refractivity contribution < 1.29 is 19.1 Å². The highest BCUT2D eigenvalue weighted by atomic mass is 16.6. The molecule has 92 valence electrons. The summed E-state index contributed by atoms with van der Waals surface area (Å²) in [7, 11) is 0. The molecule has 0 saturated heterocycles. The van der Waals surface area contributed by atoms with E-state index in [1.165, 1.54) is 6.92 Å². The van der Waals surface area contributed by atoms with Crippen LogP contribution in [0.5, 0.6) is 0 Å². The zero-order valence-corrected chi connectivity index (χ0v) is 10.0. The van der Waals surface area contributed by atoms with E-state index in [2.05, 4.69) is 11.7 Å². The number of rotatable bonds is 4. The number of hydrogen-bond donors (Lipinski definition) is 0. The Bertz CT molecular complexity index is 241. The minimum absolute atomic E-state index is 0.0496. The number of esters is 2. The van der Waals surface area contributed by atoms with E-state index in [0.717, 1.165) is 31.6 Å². The van der Waals surface area contributed by atoms with Crippen LogP contribution in [-0.4, -0.2) is 25.2 Å². The summed E-state index contributed by atoms with van der Waals surface area (Å²) in [5.41, 5.74) is 0. The normalized spacial score (nSPS) is 24.9. The molecule has 0 aromatic heterocycles. The second-order valence-electron chi connectivity index (χ2n) is 4.46. The predicted molar refractivity (Wildman–Crippen MR) is 58.7 cm³/mol. The van der Waals surface area contributed by atoms with Crippen LogP contribution in [0.4, 0.5) is 0 Å². The maximum Gasteiger partial charge on any atom is 0.309 e. The maximum atomic E-state index is 11.6. The summed E-state index contributed by atoms with van der Waals surface area (Å²) in [6.45, 7) is 3.88. The lowest BCUT2D eigenvalue weighted by molar-refractivity contribution is -0.155. The van der Waals surface area contributed by atoms with E-state index in [1.54, 1.807) is 0 Å². The smallest absolute Gasteiger partial charge is 0.309 e. The van der Waals surface area contributed by atoms with E-state index in [0.29, 0.717) is 0 Å². The lowest BCUT2D eigenvalue weighted by Gasteiger charge is -2.24. The van der Waals surface area contributed by atoms with Gasteiger partial charge in [-0.1, -0.05) is 6.92 Å². The van der Waals surface area contributed by atoms with Gasteiger partial charge in [-0.15, -0.1) is 0 Å². The summed E-state index contributed by atoms with van der Waals surface area (Å²) in [4.78, 5) is 22.1. The second-order valence-corrected chi connectivity index (χ2v) is 4.46. The van der Waals surface area contributed by atoms with Crippen molar-refractivity contribution in [3.8, 4) is 0 Å². The Labute approximate surface area is 96.3 Å². The third-order valence-electron chi connectivity index (χ3n) is 2.98. The zero-order chi connectivity index (χ0) is 12.0. The summed E-state index contributed by atoms with van der Waals surface area (Å²) >= 11 is 0. The van der Waals surface area contributed by atoms with Crippen LogP contribution in [0.2, 0.25) is 0 Å². The molecule has 0 unspecified atom stereocenters. The molecule has 0 aromatic rings. The SMILES string of the molecule is CC(=O)OCCOC(=O)C1CCC(C)CC1. The predicted octanol–water partition coefficient (Wildman–Crippen LogP) is 1.92. The Hall–Kier alpha value is -1.06. The molecule has 0 aromatic carbocycles. The highest BCUT2D eigenvalue weighted by Gasteiger charge is 2.25. The molecule has 1 saturated carbocycles. The first kappa shape index (κ1) is 13.0. The average molecular weight is 228 g/mol. The Morgan fingerprint density at radius 1 is 1.06 bits per heavy atom. The van der Waals surface area contributed by atoms with Crippen molar-refractivity contribution >= 4 is 11.9 Å². The van der Waals surface area contributed by atoms with Crippen LogP contribution in [0.15, 0.2) is 0 Å². The first-order valence-corrected chi connectivity index (χ1v) is 5.89. The first-order chi connectivity index (χ1) is 7.59. The van der Waals surface area contributed by atoms with Gasteiger partial charge in [-0.25, -0.2) is 0 Å². The molecular weight excluding hydrogens is 208 g/mol. The van der Waals surface area contributed by atoms with Crippen LogP contribution in [-0.2, 0) is 19.1 Å². The van der Waals surface area contributed by atoms with Crippen molar-refractivity contribution in [2.75, 3.05) is 13.2 Å². The van der Waals surface area contributed by atoms with E-state index in [-0.39, 0.29) is 31.1 Å². The van der Waals surface area contributed by atoms with Gasteiger partial charge in [0.15, 0.2) is 0 Å². The van der Waals surface area contributed by atoms with Crippen LogP contribution >= 0.6 is 0 Å². The highest BCUT2D eigenvalue weighted by Crippen LogP contribution is 2.28. The lowest BCUT2D eigenvalue weighted by atomic mass is 9.83. The Morgan fingerprint density at radius 2 is 1.62 bits per heavy atom. The molecule has 0 spiro atoms. The van der Waals surface area contributed by atoms with Crippen LogP contribution < -0.4 is 0 Å². The summed E-state index contributed by atoms with van der Waals surface area (Å²) in [6, 6.07) is 0. The fraction of sp³-hybridized carbons (Fsp3) is 0.833. The van der Waals surface area contributed by atoms with Gasteiger partial charge in [0.25, 0.3) is 0 Å². The molecule has 0 aliphatic heterocycles. The van der Waals surface area contributed by atoms with E-state index in [9.17, 15) is 9.59 Å². The Morgan fingerprint density at radius 3 is 2.19 bits per heavy atom. The largest absolute Gasteiger partial charge is 0.462 e. The Balaban J connectivity index is 2.12. The van der Waals surface area contributed by atoms with Gasteiger partial charge in [0.05, 0.1) is 5.92 Å². The number of hydrogen-bond acceptors (Lipinski definition) is 4. The number of ether oxygens (including phenoxy) is 2. The van der Waals surface area contributed by atoms with E-state index < -0.39 is 0 Å². The molecule has 1 fully saturated rings. The van der Waals surface area contributed by atoms with Crippen molar-refractivity contribution in [1.82, 2.24) is 0 Å². The molecule has 4 nitrogen and oxygen atoms in total. The topological polar surface area (TPSA) is 52.6 Å². The van der Waals surface area contributed by atoms with Gasteiger partial charge in [-0.2, -0.15) is 0 Å². The molecule has 0 radical (unpaired) electrons. The average Bonchev–Trinajstić information content (AvgIpc) is 2.25. The molecule has 1 aliphatic carbocycles. The van der Waals surface area contributed by atoms with Crippen molar-refractivity contribution in [3.05, 3.63) is 0 Å². The van der Waals surface area contributed by atoms with Gasteiger partial charge < -0.3 is 9.47 Å². The number of carbonyl (C=O) groups excluding carboxylic acids is 2. The molecule has 1 aliphatic rings. The molecule has 1 rings (SSSR count). The zero-order valence-electron chi connectivity index (χ0n) is 10.0. The minimum Gasteiger partial charge on any atom is -0.462 e. The summed E-state index contributed by atoms with van der Waals surface area (Å²) in [5.74, 6) is 0.292. The second kappa shape index (κ2) is 6.51. The van der Waals surface area contributed by atoms with Crippen LogP contribution in [0.1, 0.15) is 39.5 Å². The van der Waals surface area contributed by atoms with Crippen molar-refractivity contribution in [3.63, 3.8) is 0 Å². The van der Waals surface area contributed by atoms with E-state index in [4.69, 9.17) is 4.74 Å². The molecule has 0 bridgehead atoms. The highest BCUT2D eigenvalue weighted by molar-refractivity contribution is 5.72. The van der Waals surface area contributed by atoms with Crippen molar-refractivity contribution in [1.29, 1.82) is 0 Å². The number of carbonyl (C=O) groups is 2. The van der Waals surface area contributed by atoms with E-state index in [1.807, 2.05) is 0 Å².